The second-order valence-electron chi connectivity index (χ2n) is 5.97. The summed E-state index contributed by atoms with van der Waals surface area (Å²) in [5.74, 6) is 1.47. The molecule has 1 fully saturated rings. The molecule has 0 aliphatic heterocycles. The Morgan fingerprint density at radius 2 is 1.95 bits per heavy atom. The molecule has 0 amide bonds. The summed E-state index contributed by atoms with van der Waals surface area (Å²) >= 11 is 0. The van der Waals surface area contributed by atoms with E-state index in [9.17, 15) is 0 Å². The third-order valence-electron chi connectivity index (χ3n) is 4.33. The van der Waals surface area contributed by atoms with Crippen LogP contribution in [-0.4, -0.2) is 27.3 Å². The van der Waals surface area contributed by atoms with Gasteiger partial charge in [-0.15, -0.1) is 5.10 Å². The van der Waals surface area contributed by atoms with Crippen molar-refractivity contribution in [2.24, 2.45) is 0 Å². The minimum absolute atomic E-state index is 0.0189. The van der Waals surface area contributed by atoms with E-state index in [4.69, 9.17) is 10.5 Å². The molecule has 6 nitrogen and oxygen atoms in total. The third kappa shape index (κ3) is 2.57. The fraction of sp³-hybridized carbons (Fsp3) is 0.533. The van der Waals surface area contributed by atoms with E-state index in [0.717, 1.165) is 24.2 Å². The molecule has 0 saturated heterocycles. The van der Waals surface area contributed by atoms with Gasteiger partial charge in [0.2, 0.25) is 0 Å². The molecule has 1 saturated carbocycles. The van der Waals surface area contributed by atoms with Gasteiger partial charge >= 0.3 is 0 Å². The van der Waals surface area contributed by atoms with Crippen molar-refractivity contribution in [2.45, 2.75) is 44.6 Å². The molecular weight excluding hydrogens is 266 g/mol. The molecule has 2 aromatic rings. The van der Waals surface area contributed by atoms with Crippen LogP contribution in [0.2, 0.25) is 0 Å². The molecule has 0 radical (unpaired) electrons. The molecule has 1 aromatic carbocycles. The van der Waals surface area contributed by atoms with Crippen molar-refractivity contribution in [2.75, 3.05) is 12.8 Å². The zero-order chi connectivity index (χ0) is 14.9. The number of aromatic nitrogens is 4. The normalized spacial score (nSPS) is 17.6. The van der Waals surface area contributed by atoms with Gasteiger partial charge in [-0.2, -0.15) is 0 Å². The van der Waals surface area contributed by atoms with Crippen molar-refractivity contribution in [3.63, 3.8) is 0 Å². The quantitative estimate of drug-likeness (QED) is 0.878. The maximum Gasteiger partial charge on any atom is 0.182 e. The Morgan fingerprint density at radius 3 is 2.67 bits per heavy atom. The van der Waals surface area contributed by atoms with Crippen LogP contribution in [0.15, 0.2) is 18.2 Å². The fourth-order valence-corrected chi connectivity index (χ4v) is 3.13. The lowest BCUT2D eigenvalue weighted by atomic mass is 9.83. The van der Waals surface area contributed by atoms with Crippen molar-refractivity contribution in [3.05, 3.63) is 18.2 Å². The van der Waals surface area contributed by atoms with Gasteiger partial charge in [-0.25, -0.2) is 4.68 Å². The van der Waals surface area contributed by atoms with Gasteiger partial charge in [0.1, 0.15) is 5.75 Å². The van der Waals surface area contributed by atoms with Crippen LogP contribution < -0.4 is 10.5 Å². The first kappa shape index (κ1) is 13.9. The Bertz CT molecular complexity index is 631. The summed E-state index contributed by atoms with van der Waals surface area (Å²) in [6.45, 7) is 2.23. The highest BCUT2D eigenvalue weighted by Gasteiger charge is 2.32. The predicted molar refractivity (Wildman–Crippen MR) is 81.0 cm³/mol. The fourth-order valence-electron chi connectivity index (χ4n) is 3.13. The Kier molecular flexibility index (Phi) is 3.53. The number of nitrogens with two attached hydrogens (primary N) is 1. The predicted octanol–water partition coefficient (Wildman–Crippen LogP) is 2.61. The number of rotatable bonds is 3. The summed E-state index contributed by atoms with van der Waals surface area (Å²) in [5, 5.41) is 12.3. The van der Waals surface area contributed by atoms with Crippen LogP contribution >= 0.6 is 0 Å². The lowest BCUT2D eigenvalue weighted by molar-refractivity contribution is 0.197. The van der Waals surface area contributed by atoms with E-state index in [2.05, 4.69) is 22.4 Å². The van der Waals surface area contributed by atoms with Gasteiger partial charge in [-0.1, -0.05) is 19.3 Å². The van der Waals surface area contributed by atoms with Gasteiger partial charge < -0.3 is 10.5 Å². The second-order valence-corrected chi connectivity index (χ2v) is 5.97. The summed E-state index contributed by atoms with van der Waals surface area (Å²) < 4.78 is 7.25. The van der Waals surface area contributed by atoms with E-state index in [1.165, 1.54) is 19.3 Å². The second kappa shape index (κ2) is 5.35. The van der Waals surface area contributed by atoms with Crippen molar-refractivity contribution < 1.29 is 4.74 Å². The van der Waals surface area contributed by atoms with Crippen molar-refractivity contribution in [3.8, 4) is 17.1 Å². The van der Waals surface area contributed by atoms with Crippen LogP contribution in [-0.2, 0) is 5.54 Å². The molecule has 3 rings (SSSR count). The zero-order valence-electron chi connectivity index (χ0n) is 12.5. The number of nitrogens with zero attached hydrogens (tertiary/aromatic N) is 4. The molecule has 6 heteroatoms. The van der Waals surface area contributed by atoms with Gasteiger partial charge in [0.05, 0.1) is 12.6 Å². The van der Waals surface area contributed by atoms with Crippen LogP contribution in [0.25, 0.3) is 11.4 Å². The first-order valence-corrected chi connectivity index (χ1v) is 7.36. The lowest BCUT2D eigenvalue weighted by Crippen LogP contribution is -2.34. The van der Waals surface area contributed by atoms with Crippen molar-refractivity contribution in [1.29, 1.82) is 0 Å². The number of methoxy groups -OCH3 is 1. The van der Waals surface area contributed by atoms with Crippen LogP contribution in [0, 0.1) is 0 Å². The van der Waals surface area contributed by atoms with Gasteiger partial charge in [0.15, 0.2) is 5.82 Å². The first-order chi connectivity index (χ1) is 10.1. The average Bonchev–Trinajstić information content (AvgIpc) is 2.97. The molecule has 2 N–H and O–H groups in total. The molecule has 21 heavy (non-hydrogen) atoms. The summed E-state index contributed by atoms with van der Waals surface area (Å²) in [7, 11) is 1.63. The highest BCUT2D eigenvalue weighted by Crippen LogP contribution is 2.37. The maximum absolute atomic E-state index is 5.94. The Balaban J connectivity index is 2.04. The molecule has 0 bridgehead atoms. The number of tetrazole rings is 1. The number of hydrogen-bond acceptors (Lipinski definition) is 5. The number of anilines is 1. The molecular formula is C15H21N5O. The number of ether oxygens (including phenoxy) is 1. The van der Waals surface area contributed by atoms with E-state index in [0.29, 0.717) is 11.4 Å². The van der Waals surface area contributed by atoms with E-state index in [-0.39, 0.29) is 5.54 Å². The van der Waals surface area contributed by atoms with Crippen LogP contribution in [0.3, 0.4) is 0 Å². The van der Waals surface area contributed by atoms with E-state index >= 15 is 0 Å². The molecule has 1 aromatic heterocycles. The van der Waals surface area contributed by atoms with E-state index in [1.807, 2.05) is 16.8 Å². The summed E-state index contributed by atoms with van der Waals surface area (Å²) in [4.78, 5) is 0. The van der Waals surface area contributed by atoms with Gasteiger partial charge in [0.25, 0.3) is 0 Å². The molecule has 112 valence electrons. The number of nitrogen functional groups attached to an aromatic ring is 1. The summed E-state index contributed by atoms with van der Waals surface area (Å²) in [6, 6.07) is 5.60. The number of benzene rings is 1. The van der Waals surface area contributed by atoms with E-state index in [1.54, 1.807) is 13.2 Å². The SMILES string of the molecule is COc1cc(N)cc(-c2nnnn2C2(C)CCCCC2)c1. The Labute approximate surface area is 124 Å². The Hall–Kier alpha value is -2.11. The van der Waals surface area contributed by atoms with Crippen LogP contribution in [0.1, 0.15) is 39.0 Å². The minimum Gasteiger partial charge on any atom is -0.497 e. The van der Waals surface area contributed by atoms with Gasteiger partial charge in [-0.3, -0.25) is 0 Å². The highest BCUT2D eigenvalue weighted by atomic mass is 16.5. The molecule has 0 unspecified atom stereocenters. The Morgan fingerprint density at radius 1 is 1.19 bits per heavy atom. The largest absolute Gasteiger partial charge is 0.497 e. The molecule has 1 aliphatic carbocycles. The van der Waals surface area contributed by atoms with Gasteiger partial charge in [-0.05, 0) is 42.3 Å². The summed E-state index contributed by atoms with van der Waals surface area (Å²) in [5.41, 5.74) is 7.46. The lowest BCUT2D eigenvalue weighted by Gasteiger charge is -2.34. The van der Waals surface area contributed by atoms with E-state index < -0.39 is 0 Å². The standard InChI is InChI=1S/C15H21N5O/c1-15(6-4-3-5-7-15)20-14(17-18-19-20)11-8-12(16)10-13(9-11)21-2/h8-10H,3-7,16H2,1-2H3. The third-order valence-corrected chi connectivity index (χ3v) is 4.33. The number of hydrogen-bond donors (Lipinski definition) is 1. The zero-order valence-corrected chi connectivity index (χ0v) is 12.5. The molecule has 0 atom stereocenters. The highest BCUT2D eigenvalue weighted by molar-refractivity contribution is 5.64. The first-order valence-electron chi connectivity index (χ1n) is 7.36. The molecule has 0 spiro atoms. The van der Waals surface area contributed by atoms with Crippen molar-refractivity contribution >= 4 is 5.69 Å². The smallest absolute Gasteiger partial charge is 0.182 e. The van der Waals surface area contributed by atoms with Crippen LogP contribution in [0.4, 0.5) is 5.69 Å². The van der Waals surface area contributed by atoms with Gasteiger partial charge in [0, 0.05) is 17.3 Å². The molecule has 1 heterocycles. The topological polar surface area (TPSA) is 78.8 Å². The maximum atomic E-state index is 5.94. The summed E-state index contributed by atoms with van der Waals surface area (Å²) in [6.07, 6.45) is 5.93. The minimum atomic E-state index is -0.0189. The average molecular weight is 287 g/mol. The monoisotopic (exact) mass is 287 g/mol. The van der Waals surface area contributed by atoms with Crippen LogP contribution in [0.5, 0.6) is 5.75 Å². The van der Waals surface area contributed by atoms with Crippen molar-refractivity contribution in [1.82, 2.24) is 20.2 Å². The molecule has 1 aliphatic rings.